The maximum Gasteiger partial charge on any atom is 0.253 e. The van der Waals surface area contributed by atoms with Crippen LogP contribution < -0.4 is 0 Å². The van der Waals surface area contributed by atoms with Gasteiger partial charge in [0, 0.05) is 35.8 Å². The molecule has 1 aliphatic heterocycles. The lowest BCUT2D eigenvalue weighted by atomic mass is 9.96. The summed E-state index contributed by atoms with van der Waals surface area (Å²) in [5.74, 6) is 0.648. The summed E-state index contributed by atoms with van der Waals surface area (Å²) < 4.78 is 29.3. The van der Waals surface area contributed by atoms with Crippen LogP contribution >= 0.6 is 11.6 Å². The van der Waals surface area contributed by atoms with Gasteiger partial charge in [0.05, 0.1) is 4.90 Å². The van der Waals surface area contributed by atoms with Gasteiger partial charge in [-0.05, 0) is 49.2 Å². The summed E-state index contributed by atoms with van der Waals surface area (Å²) in [6, 6.07) is 11.5. The standard InChI is InChI=1S/C20H19ClN2O4S/c1-28(25,26)16-4-2-3-14(11-16)20(24)23-9-7-13(8-10-23)19-22-17-12-15(21)5-6-18(17)27-19/h2-6,11-13H,7-10H2,1H3. The number of sulfone groups is 1. The van der Waals surface area contributed by atoms with Gasteiger partial charge in [0.2, 0.25) is 0 Å². The third-order valence-electron chi connectivity index (χ3n) is 5.01. The van der Waals surface area contributed by atoms with Crippen molar-refractivity contribution in [3.8, 4) is 0 Å². The molecular formula is C20H19ClN2O4S. The van der Waals surface area contributed by atoms with E-state index in [2.05, 4.69) is 4.98 Å². The molecule has 3 aromatic rings. The van der Waals surface area contributed by atoms with Crippen molar-refractivity contribution in [1.29, 1.82) is 0 Å². The summed E-state index contributed by atoms with van der Waals surface area (Å²) in [5.41, 5.74) is 1.83. The van der Waals surface area contributed by atoms with E-state index < -0.39 is 9.84 Å². The minimum Gasteiger partial charge on any atom is -0.440 e. The fraction of sp³-hybridized carbons (Fsp3) is 0.300. The van der Waals surface area contributed by atoms with Crippen molar-refractivity contribution in [3.05, 3.63) is 58.9 Å². The molecule has 8 heteroatoms. The molecule has 0 spiro atoms. The highest BCUT2D eigenvalue weighted by Crippen LogP contribution is 2.31. The molecule has 28 heavy (non-hydrogen) atoms. The predicted octanol–water partition coefficient (Wildman–Crippen LogP) is 3.90. The number of nitrogens with zero attached hydrogens (tertiary/aromatic N) is 2. The van der Waals surface area contributed by atoms with Crippen molar-refractivity contribution >= 4 is 38.4 Å². The fourth-order valence-electron chi connectivity index (χ4n) is 3.46. The molecule has 0 atom stereocenters. The molecule has 0 bridgehead atoms. The summed E-state index contributed by atoms with van der Waals surface area (Å²) in [4.78, 5) is 19.2. The molecule has 0 N–H and O–H groups in total. The molecule has 0 radical (unpaired) electrons. The molecule has 1 amide bonds. The highest BCUT2D eigenvalue weighted by molar-refractivity contribution is 7.90. The van der Waals surface area contributed by atoms with Crippen LogP contribution in [0.15, 0.2) is 51.8 Å². The Labute approximate surface area is 168 Å². The molecule has 2 aromatic carbocycles. The van der Waals surface area contributed by atoms with Crippen molar-refractivity contribution in [3.63, 3.8) is 0 Å². The second-order valence-electron chi connectivity index (χ2n) is 7.03. The van der Waals surface area contributed by atoms with Gasteiger partial charge in [-0.2, -0.15) is 0 Å². The number of fused-ring (bicyclic) bond motifs is 1. The van der Waals surface area contributed by atoms with Crippen LogP contribution in [0.4, 0.5) is 0 Å². The zero-order chi connectivity index (χ0) is 19.9. The van der Waals surface area contributed by atoms with Crippen molar-refractivity contribution in [2.45, 2.75) is 23.7 Å². The van der Waals surface area contributed by atoms with Crippen LogP contribution in [0, 0.1) is 0 Å². The van der Waals surface area contributed by atoms with E-state index in [0.717, 1.165) is 24.6 Å². The first-order valence-corrected chi connectivity index (χ1v) is 11.2. The number of carbonyl (C=O) groups is 1. The highest BCUT2D eigenvalue weighted by atomic mass is 35.5. The molecule has 1 saturated heterocycles. The second-order valence-corrected chi connectivity index (χ2v) is 9.48. The molecule has 0 aliphatic carbocycles. The zero-order valence-electron chi connectivity index (χ0n) is 15.3. The number of hydrogen-bond donors (Lipinski definition) is 0. The van der Waals surface area contributed by atoms with Gasteiger partial charge in [-0.3, -0.25) is 4.79 Å². The monoisotopic (exact) mass is 418 g/mol. The maximum absolute atomic E-state index is 12.8. The molecular weight excluding hydrogens is 400 g/mol. The van der Waals surface area contributed by atoms with Gasteiger partial charge in [-0.25, -0.2) is 13.4 Å². The highest BCUT2D eigenvalue weighted by Gasteiger charge is 2.28. The van der Waals surface area contributed by atoms with Crippen LogP contribution in [-0.2, 0) is 9.84 Å². The van der Waals surface area contributed by atoms with E-state index in [1.165, 1.54) is 12.1 Å². The summed E-state index contributed by atoms with van der Waals surface area (Å²) in [7, 11) is -3.35. The lowest BCUT2D eigenvalue weighted by Gasteiger charge is -2.30. The number of likely N-dealkylation sites (tertiary alicyclic amines) is 1. The first-order chi connectivity index (χ1) is 13.3. The van der Waals surface area contributed by atoms with Crippen LogP contribution in [0.2, 0.25) is 5.02 Å². The largest absolute Gasteiger partial charge is 0.440 e. The Morgan fingerprint density at radius 3 is 2.64 bits per heavy atom. The van der Waals surface area contributed by atoms with Crippen molar-refractivity contribution < 1.29 is 17.6 Å². The molecule has 6 nitrogen and oxygen atoms in total. The summed E-state index contributed by atoms with van der Waals surface area (Å²) in [5, 5.41) is 0.615. The van der Waals surface area contributed by atoms with Gasteiger partial charge in [0.15, 0.2) is 21.3 Å². The van der Waals surface area contributed by atoms with Gasteiger partial charge in [-0.15, -0.1) is 0 Å². The zero-order valence-corrected chi connectivity index (χ0v) is 16.8. The van der Waals surface area contributed by atoms with Crippen LogP contribution in [0.1, 0.15) is 35.0 Å². The van der Waals surface area contributed by atoms with E-state index in [9.17, 15) is 13.2 Å². The third kappa shape index (κ3) is 3.77. The van der Waals surface area contributed by atoms with Gasteiger partial charge < -0.3 is 9.32 Å². The summed E-state index contributed by atoms with van der Waals surface area (Å²) >= 11 is 6.00. The molecule has 146 valence electrons. The van der Waals surface area contributed by atoms with E-state index in [0.29, 0.717) is 35.1 Å². The minimum atomic E-state index is -3.35. The molecule has 1 aromatic heterocycles. The Morgan fingerprint density at radius 1 is 1.18 bits per heavy atom. The summed E-state index contributed by atoms with van der Waals surface area (Å²) in [6.07, 6.45) is 2.60. The number of rotatable bonds is 3. The Balaban J connectivity index is 1.47. The van der Waals surface area contributed by atoms with Crippen LogP contribution in [-0.4, -0.2) is 43.6 Å². The average molecular weight is 419 g/mol. The first-order valence-electron chi connectivity index (χ1n) is 8.96. The fourth-order valence-corrected chi connectivity index (χ4v) is 4.30. The lowest BCUT2D eigenvalue weighted by Crippen LogP contribution is -2.38. The number of amides is 1. The number of aromatic nitrogens is 1. The van der Waals surface area contributed by atoms with Gasteiger partial charge in [0.25, 0.3) is 5.91 Å². The number of benzene rings is 2. The lowest BCUT2D eigenvalue weighted by molar-refractivity contribution is 0.0706. The van der Waals surface area contributed by atoms with E-state index >= 15 is 0 Å². The van der Waals surface area contributed by atoms with Crippen LogP contribution in [0.3, 0.4) is 0 Å². The Kier molecular flexibility index (Phi) is 4.89. The van der Waals surface area contributed by atoms with Crippen molar-refractivity contribution in [2.24, 2.45) is 0 Å². The van der Waals surface area contributed by atoms with Crippen molar-refractivity contribution in [1.82, 2.24) is 9.88 Å². The van der Waals surface area contributed by atoms with Crippen LogP contribution in [0.25, 0.3) is 11.1 Å². The van der Waals surface area contributed by atoms with Crippen LogP contribution in [0.5, 0.6) is 0 Å². The van der Waals surface area contributed by atoms with E-state index in [1.807, 2.05) is 6.07 Å². The average Bonchev–Trinajstić information content (AvgIpc) is 3.10. The molecule has 1 aliphatic rings. The Bertz CT molecular complexity index is 1150. The quantitative estimate of drug-likeness (QED) is 0.644. The maximum atomic E-state index is 12.8. The van der Waals surface area contributed by atoms with Crippen molar-refractivity contribution in [2.75, 3.05) is 19.3 Å². The smallest absolute Gasteiger partial charge is 0.253 e. The van der Waals surface area contributed by atoms with E-state index in [-0.39, 0.29) is 16.7 Å². The number of halogens is 1. The third-order valence-corrected chi connectivity index (χ3v) is 6.35. The Morgan fingerprint density at radius 2 is 1.93 bits per heavy atom. The number of carbonyl (C=O) groups excluding carboxylic acids is 1. The molecule has 4 rings (SSSR count). The Hall–Kier alpha value is -2.38. The number of piperidine rings is 1. The SMILES string of the molecule is CS(=O)(=O)c1cccc(C(=O)N2CCC(c3nc4cc(Cl)ccc4o3)CC2)c1. The van der Waals surface area contributed by atoms with E-state index in [1.54, 1.807) is 29.2 Å². The van der Waals surface area contributed by atoms with Gasteiger partial charge in [0.1, 0.15) is 5.52 Å². The normalized spacial score (nSPS) is 15.9. The number of oxazole rings is 1. The first kappa shape index (κ1) is 19.0. The number of hydrogen-bond acceptors (Lipinski definition) is 5. The van der Waals surface area contributed by atoms with Gasteiger partial charge in [-0.1, -0.05) is 17.7 Å². The molecule has 0 unspecified atom stereocenters. The molecule has 0 saturated carbocycles. The second kappa shape index (κ2) is 7.22. The topological polar surface area (TPSA) is 80.5 Å². The molecule has 1 fully saturated rings. The van der Waals surface area contributed by atoms with Gasteiger partial charge >= 0.3 is 0 Å². The predicted molar refractivity (Wildman–Crippen MR) is 106 cm³/mol. The molecule has 2 heterocycles. The van der Waals surface area contributed by atoms with E-state index in [4.69, 9.17) is 16.0 Å². The minimum absolute atomic E-state index is 0.137. The summed E-state index contributed by atoms with van der Waals surface area (Å²) in [6.45, 7) is 1.12.